The van der Waals surface area contributed by atoms with Gasteiger partial charge < -0.3 is 0 Å². The Bertz CT molecular complexity index is 212. The van der Waals surface area contributed by atoms with Gasteiger partial charge in [0.15, 0.2) is 5.78 Å². The molecule has 86 valence electrons. The van der Waals surface area contributed by atoms with Crippen molar-refractivity contribution in [1.29, 1.82) is 0 Å². The molecule has 0 aromatic carbocycles. The van der Waals surface area contributed by atoms with E-state index >= 15 is 0 Å². The van der Waals surface area contributed by atoms with Crippen molar-refractivity contribution in [3.05, 3.63) is 12.7 Å². The summed E-state index contributed by atoms with van der Waals surface area (Å²) >= 11 is 3.14. The summed E-state index contributed by atoms with van der Waals surface area (Å²) in [5, 5.41) is 0.473. The van der Waals surface area contributed by atoms with Crippen LogP contribution in [0.25, 0.3) is 0 Å². The van der Waals surface area contributed by atoms with Crippen molar-refractivity contribution in [3.8, 4) is 0 Å². The number of carbonyl (C=O) groups is 2. The fraction of sp³-hybridized carbons (Fsp3) is 0.667. The van der Waals surface area contributed by atoms with Crippen molar-refractivity contribution < 1.29 is 9.59 Å². The van der Waals surface area contributed by atoms with E-state index in [0.29, 0.717) is 18.2 Å². The first kappa shape index (κ1) is 14.6. The van der Waals surface area contributed by atoms with Crippen LogP contribution < -0.4 is 0 Å². The molecular weight excluding hydrogens is 256 g/mol. The van der Waals surface area contributed by atoms with Crippen LogP contribution in [-0.2, 0) is 9.59 Å². The fourth-order valence-electron chi connectivity index (χ4n) is 1.32. The summed E-state index contributed by atoms with van der Waals surface area (Å²) in [6, 6.07) is 0. The van der Waals surface area contributed by atoms with E-state index in [0.717, 1.165) is 32.1 Å². The Hall–Kier alpha value is -0.440. The number of halogens is 1. The highest BCUT2D eigenvalue weighted by atomic mass is 79.9. The quantitative estimate of drug-likeness (QED) is 0.348. The van der Waals surface area contributed by atoms with Gasteiger partial charge in [0.1, 0.15) is 5.78 Å². The molecule has 0 saturated carbocycles. The maximum absolute atomic E-state index is 10.9. The predicted octanol–water partition coefficient (Wildman–Crippen LogP) is 3.44. The van der Waals surface area contributed by atoms with Crippen molar-refractivity contribution in [1.82, 2.24) is 0 Å². The van der Waals surface area contributed by atoms with Crippen LogP contribution >= 0.6 is 15.9 Å². The Morgan fingerprint density at radius 3 is 2.07 bits per heavy atom. The van der Waals surface area contributed by atoms with Gasteiger partial charge in [0.05, 0.1) is 5.33 Å². The minimum absolute atomic E-state index is 0.129. The van der Waals surface area contributed by atoms with Gasteiger partial charge in [0.25, 0.3) is 0 Å². The summed E-state index contributed by atoms with van der Waals surface area (Å²) in [4.78, 5) is 21.8. The number of carbonyl (C=O) groups excluding carboxylic acids is 2. The summed E-state index contributed by atoms with van der Waals surface area (Å²) in [6.45, 7) is 3.43. The molecule has 0 spiro atoms. The zero-order valence-electron chi connectivity index (χ0n) is 9.14. The van der Waals surface area contributed by atoms with Gasteiger partial charge in [-0.05, 0) is 18.9 Å². The van der Waals surface area contributed by atoms with Crippen molar-refractivity contribution in [2.45, 2.75) is 44.9 Å². The lowest BCUT2D eigenvalue weighted by atomic mass is 10.1. The Morgan fingerprint density at radius 2 is 1.53 bits per heavy atom. The summed E-state index contributed by atoms with van der Waals surface area (Å²) < 4.78 is 0. The summed E-state index contributed by atoms with van der Waals surface area (Å²) in [7, 11) is 0. The van der Waals surface area contributed by atoms with E-state index in [2.05, 4.69) is 22.5 Å². The van der Waals surface area contributed by atoms with Crippen molar-refractivity contribution in [2.24, 2.45) is 0 Å². The monoisotopic (exact) mass is 274 g/mol. The molecule has 0 unspecified atom stereocenters. The van der Waals surface area contributed by atoms with Gasteiger partial charge in [-0.15, -0.1) is 0 Å². The number of rotatable bonds is 10. The van der Waals surface area contributed by atoms with Gasteiger partial charge in [-0.2, -0.15) is 0 Å². The first-order valence-corrected chi connectivity index (χ1v) is 6.55. The van der Waals surface area contributed by atoms with E-state index in [1.807, 2.05) is 0 Å². The largest absolute Gasteiger partial charge is 0.299 e. The van der Waals surface area contributed by atoms with Gasteiger partial charge in [-0.1, -0.05) is 41.8 Å². The number of ketones is 2. The molecule has 3 heteroatoms. The molecule has 0 aromatic rings. The van der Waals surface area contributed by atoms with Crippen molar-refractivity contribution >= 4 is 27.5 Å². The molecule has 0 aliphatic heterocycles. The minimum atomic E-state index is 0.129. The lowest BCUT2D eigenvalue weighted by molar-refractivity contribution is -0.116. The van der Waals surface area contributed by atoms with E-state index in [4.69, 9.17) is 0 Å². The summed E-state index contributed by atoms with van der Waals surface area (Å²) in [5.74, 6) is 0.404. The predicted molar refractivity (Wildman–Crippen MR) is 66.3 cm³/mol. The molecule has 0 radical (unpaired) electrons. The van der Waals surface area contributed by atoms with Crippen LogP contribution in [-0.4, -0.2) is 16.9 Å². The fourth-order valence-corrected chi connectivity index (χ4v) is 1.60. The second-order valence-electron chi connectivity index (χ2n) is 3.61. The molecule has 15 heavy (non-hydrogen) atoms. The van der Waals surface area contributed by atoms with E-state index in [1.54, 1.807) is 0 Å². The standard InChI is InChI=1S/C12H19BrO2/c1-2-11(14)8-6-4-3-5-7-9-12(15)10-13/h2H,1,3-10H2. The number of Topliss-reactive ketones (excluding diaryl/α,β-unsaturated/α-hetero) is 1. The van der Waals surface area contributed by atoms with Gasteiger partial charge in [0.2, 0.25) is 0 Å². The zero-order chi connectivity index (χ0) is 11.5. The van der Waals surface area contributed by atoms with Gasteiger partial charge in [0, 0.05) is 12.8 Å². The van der Waals surface area contributed by atoms with Gasteiger partial charge in [-0.3, -0.25) is 9.59 Å². The maximum atomic E-state index is 10.9. The highest BCUT2D eigenvalue weighted by molar-refractivity contribution is 9.09. The Labute approximate surface area is 100 Å². The van der Waals surface area contributed by atoms with Crippen molar-refractivity contribution in [3.63, 3.8) is 0 Å². The van der Waals surface area contributed by atoms with Gasteiger partial charge >= 0.3 is 0 Å². The van der Waals surface area contributed by atoms with Crippen LogP contribution in [0.5, 0.6) is 0 Å². The lowest BCUT2D eigenvalue weighted by Gasteiger charge is -1.99. The molecule has 0 N–H and O–H groups in total. The normalized spacial score (nSPS) is 9.93. The zero-order valence-corrected chi connectivity index (χ0v) is 10.7. The molecule has 0 atom stereocenters. The maximum Gasteiger partial charge on any atom is 0.155 e. The molecular formula is C12H19BrO2. The number of alkyl halides is 1. The average molecular weight is 275 g/mol. The Kier molecular flexibility index (Phi) is 9.79. The topological polar surface area (TPSA) is 34.1 Å². The highest BCUT2D eigenvalue weighted by Crippen LogP contribution is 2.08. The van der Waals surface area contributed by atoms with Crippen LogP contribution in [0.3, 0.4) is 0 Å². The molecule has 0 aliphatic rings. The van der Waals surface area contributed by atoms with Crippen LogP contribution in [0.2, 0.25) is 0 Å². The minimum Gasteiger partial charge on any atom is -0.299 e. The second kappa shape index (κ2) is 10.1. The van der Waals surface area contributed by atoms with Crippen LogP contribution in [0, 0.1) is 0 Å². The van der Waals surface area contributed by atoms with Crippen LogP contribution in [0.15, 0.2) is 12.7 Å². The Balaban J connectivity index is 3.15. The molecule has 2 nitrogen and oxygen atoms in total. The smallest absolute Gasteiger partial charge is 0.155 e. The third-order valence-electron chi connectivity index (χ3n) is 2.26. The first-order chi connectivity index (χ1) is 7.20. The van der Waals surface area contributed by atoms with Gasteiger partial charge in [-0.25, -0.2) is 0 Å². The molecule has 0 rings (SSSR count). The second-order valence-corrected chi connectivity index (χ2v) is 4.17. The number of allylic oxidation sites excluding steroid dienone is 1. The average Bonchev–Trinajstić information content (AvgIpc) is 2.26. The number of hydrogen-bond acceptors (Lipinski definition) is 2. The Morgan fingerprint density at radius 1 is 1.00 bits per heavy atom. The molecule has 0 bridgehead atoms. The van der Waals surface area contributed by atoms with E-state index in [9.17, 15) is 9.59 Å². The van der Waals surface area contributed by atoms with E-state index in [1.165, 1.54) is 6.08 Å². The lowest BCUT2D eigenvalue weighted by Crippen LogP contribution is -1.97. The molecule has 0 aliphatic carbocycles. The SMILES string of the molecule is C=CC(=O)CCCCCCCC(=O)CBr. The van der Waals surface area contributed by atoms with Crippen LogP contribution in [0.4, 0.5) is 0 Å². The van der Waals surface area contributed by atoms with E-state index in [-0.39, 0.29) is 11.6 Å². The number of unbranched alkanes of at least 4 members (excludes halogenated alkanes) is 4. The highest BCUT2D eigenvalue weighted by Gasteiger charge is 1.99. The third-order valence-corrected chi connectivity index (χ3v) is 2.88. The first-order valence-electron chi connectivity index (χ1n) is 5.43. The molecule has 0 heterocycles. The van der Waals surface area contributed by atoms with E-state index < -0.39 is 0 Å². The summed E-state index contributed by atoms with van der Waals surface area (Å²) in [5.41, 5.74) is 0. The molecule has 0 fully saturated rings. The van der Waals surface area contributed by atoms with Crippen LogP contribution in [0.1, 0.15) is 44.9 Å². The summed E-state index contributed by atoms with van der Waals surface area (Å²) in [6.07, 6.45) is 7.86. The number of hydrogen-bond donors (Lipinski definition) is 0. The van der Waals surface area contributed by atoms with Crippen molar-refractivity contribution in [2.75, 3.05) is 5.33 Å². The molecule has 0 saturated heterocycles. The molecule has 0 amide bonds. The third kappa shape index (κ3) is 9.85. The molecule has 0 aromatic heterocycles.